The molecule has 27 heavy (non-hydrogen) atoms. The number of ether oxygens (including phenoxy) is 3. The summed E-state index contributed by atoms with van der Waals surface area (Å²) in [5.41, 5.74) is 4.07. The minimum absolute atomic E-state index is 0.671. The molecule has 0 bridgehead atoms. The molecule has 4 nitrogen and oxygen atoms in total. The van der Waals surface area contributed by atoms with E-state index in [2.05, 4.69) is 6.07 Å². The van der Waals surface area contributed by atoms with Crippen molar-refractivity contribution in [3.05, 3.63) is 60.7 Å². The Balaban J connectivity index is 1.72. The van der Waals surface area contributed by atoms with Crippen molar-refractivity contribution in [1.29, 1.82) is 0 Å². The summed E-state index contributed by atoms with van der Waals surface area (Å²) in [5.74, 6) is 3.02. The number of methoxy groups -OCH3 is 2. The highest BCUT2D eigenvalue weighted by molar-refractivity contribution is 5.81. The fourth-order valence-corrected chi connectivity index (χ4v) is 2.98. The van der Waals surface area contributed by atoms with Gasteiger partial charge < -0.3 is 14.2 Å². The van der Waals surface area contributed by atoms with Crippen molar-refractivity contribution in [2.24, 2.45) is 5.92 Å². The van der Waals surface area contributed by atoms with Crippen molar-refractivity contribution in [2.45, 2.75) is 12.8 Å². The molecule has 1 heterocycles. The molecule has 1 saturated carbocycles. The van der Waals surface area contributed by atoms with Gasteiger partial charge in [0, 0.05) is 17.2 Å². The van der Waals surface area contributed by atoms with Gasteiger partial charge in [0.15, 0.2) is 0 Å². The summed E-state index contributed by atoms with van der Waals surface area (Å²) >= 11 is 0. The molecule has 0 N–H and O–H groups in total. The summed E-state index contributed by atoms with van der Waals surface area (Å²) in [7, 11) is 3.34. The number of pyridine rings is 1. The van der Waals surface area contributed by atoms with Crippen LogP contribution in [-0.4, -0.2) is 25.8 Å². The number of rotatable bonds is 7. The quantitative estimate of drug-likeness (QED) is 0.578. The smallest absolute Gasteiger partial charge is 0.213 e. The lowest BCUT2D eigenvalue weighted by atomic mass is 9.99. The largest absolute Gasteiger partial charge is 0.497 e. The summed E-state index contributed by atoms with van der Waals surface area (Å²) in [5, 5.41) is 0. The predicted molar refractivity (Wildman–Crippen MR) is 106 cm³/mol. The molecule has 0 radical (unpaired) electrons. The normalized spacial score (nSPS) is 13.3. The zero-order valence-corrected chi connectivity index (χ0v) is 15.6. The van der Waals surface area contributed by atoms with Crippen LogP contribution in [0.4, 0.5) is 0 Å². The number of aromatic nitrogens is 1. The molecule has 0 unspecified atom stereocenters. The van der Waals surface area contributed by atoms with Crippen LogP contribution >= 0.6 is 0 Å². The zero-order chi connectivity index (χ0) is 18.6. The van der Waals surface area contributed by atoms with Gasteiger partial charge in [-0.2, -0.15) is 0 Å². The Kier molecular flexibility index (Phi) is 4.97. The summed E-state index contributed by atoms with van der Waals surface area (Å²) in [4.78, 5) is 4.82. The number of hydrogen-bond donors (Lipinski definition) is 0. The van der Waals surface area contributed by atoms with Crippen LogP contribution in [0.3, 0.4) is 0 Å². The van der Waals surface area contributed by atoms with E-state index in [1.165, 1.54) is 12.8 Å². The van der Waals surface area contributed by atoms with Gasteiger partial charge in [-0.3, -0.25) is 0 Å². The molecular formula is C23H23NO3. The topological polar surface area (TPSA) is 40.6 Å². The van der Waals surface area contributed by atoms with Gasteiger partial charge in [-0.1, -0.05) is 12.1 Å². The third-order valence-electron chi connectivity index (χ3n) is 4.80. The molecule has 138 valence electrons. The van der Waals surface area contributed by atoms with Crippen molar-refractivity contribution in [3.63, 3.8) is 0 Å². The van der Waals surface area contributed by atoms with Crippen molar-refractivity contribution in [3.8, 4) is 39.8 Å². The van der Waals surface area contributed by atoms with E-state index in [1.807, 2.05) is 54.6 Å². The highest BCUT2D eigenvalue weighted by Gasteiger charge is 2.22. The second-order valence-electron chi connectivity index (χ2n) is 6.76. The summed E-state index contributed by atoms with van der Waals surface area (Å²) < 4.78 is 16.5. The molecule has 4 rings (SSSR count). The van der Waals surface area contributed by atoms with Crippen LogP contribution in [0.1, 0.15) is 12.8 Å². The molecule has 0 spiro atoms. The minimum Gasteiger partial charge on any atom is -0.497 e. The highest BCUT2D eigenvalue weighted by atomic mass is 16.5. The highest BCUT2D eigenvalue weighted by Crippen LogP contribution is 2.35. The first-order chi connectivity index (χ1) is 13.3. The van der Waals surface area contributed by atoms with E-state index in [4.69, 9.17) is 19.2 Å². The van der Waals surface area contributed by atoms with Crippen LogP contribution in [0.25, 0.3) is 22.4 Å². The summed E-state index contributed by atoms with van der Waals surface area (Å²) in [6.07, 6.45) is 2.52. The summed E-state index contributed by atoms with van der Waals surface area (Å²) in [6, 6.07) is 20.0. The lowest BCUT2D eigenvalue weighted by Gasteiger charge is -2.13. The Morgan fingerprint density at radius 2 is 1.37 bits per heavy atom. The number of nitrogens with zero attached hydrogens (tertiary/aromatic N) is 1. The fourth-order valence-electron chi connectivity index (χ4n) is 2.98. The third-order valence-corrected chi connectivity index (χ3v) is 4.80. The number of benzene rings is 2. The van der Waals surface area contributed by atoms with Gasteiger partial charge in [0.25, 0.3) is 0 Å². The van der Waals surface area contributed by atoms with Crippen LogP contribution in [0.5, 0.6) is 17.4 Å². The lowest BCUT2D eigenvalue weighted by Crippen LogP contribution is -2.02. The maximum absolute atomic E-state index is 5.91. The first-order valence-corrected chi connectivity index (χ1v) is 9.19. The second-order valence-corrected chi connectivity index (χ2v) is 6.76. The van der Waals surface area contributed by atoms with E-state index >= 15 is 0 Å². The van der Waals surface area contributed by atoms with Crippen LogP contribution in [0.2, 0.25) is 0 Å². The fraction of sp³-hybridized carbons (Fsp3) is 0.261. The Morgan fingerprint density at radius 1 is 0.778 bits per heavy atom. The minimum atomic E-state index is 0.671. The first kappa shape index (κ1) is 17.4. The van der Waals surface area contributed by atoms with E-state index in [1.54, 1.807) is 14.2 Å². The maximum Gasteiger partial charge on any atom is 0.213 e. The maximum atomic E-state index is 5.91. The molecule has 0 amide bonds. The van der Waals surface area contributed by atoms with Gasteiger partial charge in [-0.15, -0.1) is 0 Å². The first-order valence-electron chi connectivity index (χ1n) is 9.19. The monoisotopic (exact) mass is 361 g/mol. The van der Waals surface area contributed by atoms with Gasteiger partial charge >= 0.3 is 0 Å². The number of hydrogen-bond acceptors (Lipinski definition) is 4. The molecule has 1 aliphatic rings. The van der Waals surface area contributed by atoms with Crippen molar-refractivity contribution in [2.75, 3.05) is 20.8 Å². The van der Waals surface area contributed by atoms with E-state index < -0.39 is 0 Å². The molecule has 2 aromatic carbocycles. The van der Waals surface area contributed by atoms with Crippen LogP contribution in [0.15, 0.2) is 60.7 Å². The van der Waals surface area contributed by atoms with E-state index in [-0.39, 0.29) is 0 Å². The Bertz CT molecular complexity index is 900. The summed E-state index contributed by atoms with van der Waals surface area (Å²) in [6.45, 7) is 0.747. The Morgan fingerprint density at radius 3 is 1.93 bits per heavy atom. The second kappa shape index (κ2) is 7.70. The Labute approximate surface area is 159 Å². The molecule has 0 atom stereocenters. The Hall–Kier alpha value is -3.01. The van der Waals surface area contributed by atoms with Gasteiger partial charge in [-0.25, -0.2) is 4.98 Å². The third kappa shape index (κ3) is 4.05. The zero-order valence-electron chi connectivity index (χ0n) is 15.6. The average molecular weight is 361 g/mol. The molecule has 1 fully saturated rings. The molecule has 1 aliphatic carbocycles. The van der Waals surface area contributed by atoms with Crippen LogP contribution in [-0.2, 0) is 0 Å². The van der Waals surface area contributed by atoms with Gasteiger partial charge in [-0.05, 0) is 66.8 Å². The van der Waals surface area contributed by atoms with E-state index in [0.29, 0.717) is 11.8 Å². The van der Waals surface area contributed by atoms with E-state index in [0.717, 1.165) is 40.5 Å². The SMILES string of the molecule is COc1ccc(-c2ccc(OCC3CC3)nc2-c2ccc(OC)cc2)cc1. The molecule has 0 saturated heterocycles. The lowest BCUT2D eigenvalue weighted by molar-refractivity contribution is 0.289. The van der Waals surface area contributed by atoms with Crippen molar-refractivity contribution in [1.82, 2.24) is 4.98 Å². The molecule has 1 aromatic heterocycles. The molecule has 3 aromatic rings. The molecule has 0 aliphatic heterocycles. The van der Waals surface area contributed by atoms with Gasteiger partial charge in [0.1, 0.15) is 11.5 Å². The van der Waals surface area contributed by atoms with Gasteiger partial charge in [0.2, 0.25) is 5.88 Å². The van der Waals surface area contributed by atoms with E-state index in [9.17, 15) is 0 Å². The van der Waals surface area contributed by atoms with Crippen molar-refractivity contribution < 1.29 is 14.2 Å². The van der Waals surface area contributed by atoms with Crippen molar-refractivity contribution >= 4 is 0 Å². The predicted octanol–water partition coefficient (Wildman–Crippen LogP) is 5.22. The standard InChI is InChI=1S/C23H23NO3/c1-25-19-9-5-17(6-10-19)21-13-14-22(27-15-16-3-4-16)24-23(21)18-7-11-20(26-2)12-8-18/h5-14,16H,3-4,15H2,1-2H3. The van der Waals surface area contributed by atoms with Crippen LogP contribution < -0.4 is 14.2 Å². The molecule has 4 heteroatoms. The van der Waals surface area contributed by atoms with Crippen LogP contribution in [0, 0.1) is 5.92 Å². The molecular weight excluding hydrogens is 338 g/mol. The van der Waals surface area contributed by atoms with Gasteiger partial charge in [0.05, 0.1) is 26.5 Å². The average Bonchev–Trinajstić information content (AvgIpc) is 3.57.